The summed E-state index contributed by atoms with van der Waals surface area (Å²) in [6.07, 6.45) is 0. The molecule has 2 nitrogen and oxygen atoms in total. The molecule has 0 heterocycles. The first kappa shape index (κ1) is 12.7. The third-order valence-corrected chi connectivity index (χ3v) is 2.95. The van der Waals surface area contributed by atoms with E-state index in [-0.39, 0.29) is 0 Å². The second-order valence-corrected chi connectivity index (χ2v) is 4.48. The van der Waals surface area contributed by atoms with Gasteiger partial charge in [0.2, 0.25) is 0 Å². The molecule has 1 amide bonds. The second kappa shape index (κ2) is 5.69. The number of benzene rings is 2. The van der Waals surface area contributed by atoms with E-state index in [1.807, 2.05) is 61.5 Å². The van der Waals surface area contributed by atoms with Crippen molar-refractivity contribution < 1.29 is 4.79 Å². The highest BCUT2D eigenvalue weighted by atomic mass is 35.5. The van der Waals surface area contributed by atoms with Crippen molar-refractivity contribution >= 4 is 22.7 Å². The Morgan fingerprint density at radius 3 is 2.22 bits per heavy atom. The van der Waals surface area contributed by atoms with Gasteiger partial charge in [0, 0.05) is 5.69 Å². The first-order valence-electron chi connectivity index (χ1n) is 5.74. The number of carbonyl (C=O) groups excluding carboxylic acids is 1. The highest BCUT2D eigenvalue weighted by Crippen LogP contribution is 2.19. The monoisotopic (exact) mass is 259 g/mol. The van der Waals surface area contributed by atoms with Crippen LogP contribution in [0.25, 0.3) is 0 Å². The Balaban J connectivity index is 2.24. The lowest BCUT2D eigenvalue weighted by atomic mass is 10.2. The van der Waals surface area contributed by atoms with Crippen LogP contribution in [0.3, 0.4) is 0 Å². The minimum absolute atomic E-state index is 0.470. The minimum atomic E-state index is -0.470. The average Bonchev–Trinajstić information content (AvgIpc) is 2.38. The van der Waals surface area contributed by atoms with E-state index in [0.717, 1.165) is 16.8 Å². The molecular weight excluding hydrogens is 246 g/mol. The molecule has 0 spiro atoms. The number of halogens is 1. The average molecular weight is 260 g/mol. The number of rotatable bonds is 3. The largest absolute Gasteiger partial charge is 0.321 e. The zero-order valence-corrected chi connectivity index (χ0v) is 10.9. The highest BCUT2D eigenvalue weighted by Gasteiger charge is 2.13. The van der Waals surface area contributed by atoms with Crippen LogP contribution in [0.15, 0.2) is 54.6 Å². The molecule has 0 radical (unpaired) electrons. The van der Waals surface area contributed by atoms with Crippen LogP contribution in [-0.2, 0) is 6.54 Å². The molecule has 0 saturated carbocycles. The summed E-state index contributed by atoms with van der Waals surface area (Å²) in [6.45, 7) is 2.49. The van der Waals surface area contributed by atoms with Crippen LogP contribution in [-0.4, -0.2) is 5.37 Å². The summed E-state index contributed by atoms with van der Waals surface area (Å²) in [5.74, 6) is 0. The van der Waals surface area contributed by atoms with Gasteiger partial charge in [-0.25, -0.2) is 0 Å². The smallest absolute Gasteiger partial charge is 0.295 e. The number of anilines is 1. The lowest BCUT2D eigenvalue weighted by Gasteiger charge is -2.20. The van der Waals surface area contributed by atoms with E-state index in [2.05, 4.69) is 0 Å². The Morgan fingerprint density at radius 2 is 1.67 bits per heavy atom. The molecule has 0 aliphatic heterocycles. The molecule has 18 heavy (non-hydrogen) atoms. The van der Waals surface area contributed by atoms with Crippen molar-refractivity contribution in [3.63, 3.8) is 0 Å². The van der Waals surface area contributed by atoms with E-state index in [1.165, 1.54) is 0 Å². The normalized spacial score (nSPS) is 10.1. The molecule has 0 bridgehead atoms. The maximum atomic E-state index is 11.5. The Bertz CT molecular complexity index is 522. The van der Waals surface area contributed by atoms with Gasteiger partial charge in [-0.2, -0.15) is 0 Å². The minimum Gasteiger partial charge on any atom is -0.295 e. The Kier molecular flexibility index (Phi) is 4.00. The molecule has 0 fully saturated rings. The molecular formula is C15H14ClNO. The predicted molar refractivity (Wildman–Crippen MR) is 75.1 cm³/mol. The van der Waals surface area contributed by atoms with E-state index >= 15 is 0 Å². The molecule has 2 aromatic rings. The van der Waals surface area contributed by atoms with E-state index in [4.69, 9.17) is 11.6 Å². The van der Waals surface area contributed by atoms with Crippen molar-refractivity contribution in [2.24, 2.45) is 0 Å². The summed E-state index contributed by atoms with van der Waals surface area (Å²) in [5, 5.41) is -0.470. The molecule has 0 aromatic heterocycles. The summed E-state index contributed by atoms with van der Waals surface area (Å²) in [7, 11) is 0. The van der Waals surface area contributed by atoms with Gasteiger partial charge >= 0.3 is 5.37 Å². The third-order valence-electron chi connectivity index (χ3n) is 2.74. The van der Waals surface area contributed by atoms with E-state index < -0.39 is 5.37 Å². The van der Waals surface area contributed by atoms with Gasteiger partial charge in [-0.3, -0.25) is 9.69 Å². The fourth-order valence-electron chi connectivity index (χ4n) is 1.75. The first-order chi connectivity index (χ1) is 8.66. The van der Waals surface area contributed by atoms with Crippen LogP contribution < -0.4 is 4.90 Å². The number of nitrogens with zero attached hydrogens (tertiary/aromatic N) is 1. The molecule has 0 saturated heterocycles. The fraction of sp³-hybridized carbons (Fsp3) is 0.133. The van der Waals surface area contributed by atoms with Gasteiger partial charge in [0.25, 0.3) is 0 Å². The van der Waals surface area contributed by atoms with Crippen molar-refractivity contribution in [3.05, 3.63) is 65.7 Å². The van der Waals surface area contributed by atoms with Crippen molar-refractivity contribution in [1.29, 1.82) is 0 Å². The van der Waals surface area contributed by atoms with Crippen molar-refractivity contribution in [3.8, 4) is 0 Å². The van der Waals surface area contributed by atoms with Crippen LogP contribution in [0.4, 0.5) is 10.5 Å². The quantitative estimate of drug-likeness (QED) is 0.592. The second-order valence-electron chi connectivity index (χ2n) is 4.16. The van der Waals surface area contributed by atoms with Gasteiger partial charge in [0.1, 0.15) is 0 Å². The van der Waals surface area contributed by atoms with Gasteiger partial charge in [-0.15, -0.1) is 0 Å². The van der Waals surface area contributed by atoms with Gasteiger partial charge in [0.15, 0.2) is 0 Å². The molecule has 0 N–H and O–H groups in total. The summed E-state index contributed by atoms with van der Waals surface area (Å²) in [5.41, 5.74) is 3.01. The fourth-order valence-corrected chi connectivity index (χ4v) is 1.90. The van der Waals surface area contributed by atoms with Crippen LogP contribution >= 0.6 is 11.6 Å². The van der Waals surface area contributed by atoms with Gasteiger partial charge < -0.3 is 0 Å². The van der Waals surface area contributed by atoms with Gasteiger partial charge in [0.05, 0.1) is 6.54 Å². The molecule has 92 valence electrons. The number of aryl methyl sites for hydroxylation is 1. The summed E-state index contributed by atoms with van der Waals surface area (Å²) >= 11 is 5.66. The van der Waals surface area contributed by atoms with Gasteiger partial charge in [-0.1, -0.05) is 48.0 Å². The topological polar surface area (TPSA) is 20.3 Å². The maximum Gasteiger partial charge on any atom is 0.321 e. The van der Waals surface area contributed by atoms with Crippen molar-refractivity contribution in [2.75, 3.05) is 4.90 Å². The van der Waals surface area contributed by atoms with Crippen LogP contribution in [0.5, 0.6) is 0 Å². The lowest BCUT2D eigenvalue weighted by molar-refractivity contribution is 0.264. The lowest BCUT2D eigenvalue weighted by Crippen LogP contribution is -2.24. The third kappa shape index (κ3) is 3.11. The van der Waals surface area contributed by atoms with Gasteiger partial charge in [-0.05, 0) is 36.2 Å². The van der Waals surface area contributed by atoms with E-state index in [9.17, 15) is 4.79 Å². The first-order valence-corrected chi connectivity index (χ1v) is 6.12. The SMILES string of the molecule is Cc1ccc(N(Cc2ccccc2)C(=O)Cl)cc1. The standard InChI is InChI=1S/C15H14ClNO/c1-12-7-9-14(10-8-12)17(15(16)18)11-13-5-3-2-4-6-13/h2-10H,11H2,1H3. The van der Waals surface area contributed by atoms with Crippen molar-refractivity contribution in [2.45, 2.75) is 13.5 Å². The Hall–Kier alpha value is -1.80. The molecule has 3 heteroatoms. The highest BCUT2D eigenvalue weighted by molar-refractivity contribution is 6.66. The zero-order chi connectivity index (χ0) is 13.0. The molecule has 2 aromatic carbocycles. The molecule has 0 atom stereocenters. The predicted octanol–water partition coefficient (Wildman–Crippen LogP) is 4.36. The van der Waals surface area contributed by atoms with Crippen LogP contribution in [0.1, 0.15) is 11.1 Å². The molecule has 0 unspecified atom stereocenters. The Morgan fingerprint density at radius 1 is 1.06 bits per heavy atom. The molecule has 0 aliphatic carbocycles. The van der Waals surface area contributed by atoms with Crippen LogP contribution in [0, 0.1) is 6.92 Å². The van der Waals surface area contributed by atoms with Crippen LogP contribution in [0.2, 0.25) is 0 Å². The molecule has 0 aliphatic rings. The van der Waals surface area contributed by atoms with E-state index in [1.54, 1.807) is 4.90 Å². The van der Waals surface area contributed by atoms with Crippen molar-refractivity contribution in [1.82, 2.24) is 0 Å². The number of hydrogen-bond donors (Lipinski definition) is 0. The summed E-state index contributed by atoms with van der Waals surface area (Å²) in [4.78, 5) is 13.1. The van der Waals surface area contributed by atoms with E-state index in [0.29, 0.717) is 6.54 Å². The number of hydrogen-bond acceptors (Lipinski definition) is 1. The summed E-state index contributed by atoms with van der Waals surface area (Å²) in [6, 6.07) is 17.5. The summed E-state index contributed by atoms with van der Waals surface area (Å²) < 4.78 is 0. The maximum absolute atomic E-state index is 11.5. The number of carbonyl (C=O) groups is 1. The Labute approximate surface area is 112 Å². The molecule has 2 rings (SSSR count). The zero-order valence-electron chi connectivity index (χ0n) is 10.1. The number of amides is 1.